The Morgan fingerprint density at radius 2 is 1.77 bits per heavy atom. The first-order chi connectivity index (χ1) is 12.1. The normalized spacial score (nSPS) is 12.7. The smallest absolute Gasteiger partial charge is 0.316 e. The van der Waals surface area contributed by atoms with E-state index >= 15 is 0 Å². The molecule has 9 heteroatoms. The zero-order valence-electron chi connectivity index (χ0n) is 14.1. The van der Waals surface area contributed by atoms with Gasteiger partial charge in [-0.15, -0.1) is 0 Å². The predicted molar refractivity (Wildman–Crippen MR) is 90.5 cm³/mol. The number of hydrogen-bond acceptors (Lipinski definition) is 4. The molecule has 0 N–H and O–H groups in total. The molecule has 0 atom stereocenters. The Hall–Kier alpha value is -2.42. The highest BCUT2D eigenvalue weighted by atomic mass is 32.2. The number of hydrogen-bond donors (Lipinski definition) is 0. The van der Waals surface area contributed by atoms with Crippen molar-refractivity contribution in [2.45, 2.75) is 24.4 Å². The number of halogens is 3. The van der Waals surface area contributed by atoms with Crippen molar-refractivity contribution in [3.05, 3.63) is 53.5 Å². The number of alkyl halides is 3. The minimum Gasteiger partial charge on any atom is -0.316 e. The van der Waals surface area contributed by atoms with Crippen LogP contribution in [-0.2, 0) is 29.5 Å². The Morgan fingerprint density at radius 3 is 2.42 bits per heavy atom. The summed E-state index contributed by atoms with van der Waals surface area (Å²) in [5, 5.41) is 0. The molecule has 2 heterocycles. The minimum absolute atomic E-state index is 0.0386. The largest absolute Gasteiger partial charge is 0.433 e. The van der Waals surface area contributed by atoms with Crippen LogP contribution in [0.25, 0.3) is 11.2 Å². The van der Waals surface area contributed by atoms with Gasteiger partial charge in [-0.05, 0) is 23.8 Å². The number of nitrogens with zero attached hydrogens (tertiary/aromatic N) is 3. The molecule has 3 aromatic rings. The van der Waals surface area contributed by atoms with Gasteiger partial charge >= 0.3 is 6.18 Å². The molecule has 138 valence electrons. The maximum absolute atomic E-state index is 12.9. The second-order valence-corrected chi connectivity index (χ2v) is 8.06. The highest BCUT2D eigenvalue weighted by Crippen LogP contribution is 2.29. The summed E-state index contributed by atoms with van der Waals surface area (Å²) in [5.74, 6) is 0.397. The van der Waals surface area contributed by atoms with Gasteiger partial charge in [-0.1, -0.05) is 25.1 Å². The maximum Gasteiger partial charge on any atom is 0.433 e. The number of rotatable bonds is 4. The van der Waals surface area contributed by atoms with Gasteiger partial charge in [0, 0.05) is 13.5 Å². The van der Waals surface area contributed by atoms with Gasteiger partial charge in [-0.25, -0.2) is 18.4 Å². The van der Waals surface area contributed by atoms with Gasteiger partial charge in [0.05, 0.1) is 10.6 Å². The molecular weight excluding hydrogens is 367 g/mol. The summed E-state index contributed by atoms with van der Waals surface area (Å²) < 4.78 is 64.6. The molecule has 0 bridgehead atoms. The molecule has 0 aliphatic rings. The standard InChI is InChI=1S/C17H16F3N3O2S/c1-3-26(24,25)13-7-5-4-6-11(13)10-15-21-12-8-9-14(17(18,19)20)22-16(12)23(15)2/h4-9H,3,10H2,1-2H3. The molecule has 1 aromatic carbocycles. The molecule has 3 rings (SSSR count). The molecule has 0 aliphatic carbocycles. The van der Waals surface area contributed by atoms with Crippen LogP contribution in [0.4, 0.5) is 13.2 Å². The van der Waals surface area contributed by atoms with Gasteiger partial charge in [-0.3, -0.25) is 0 Å². The summed E-state index contributed by atoms with van der Waals surface area (Å²) in [6.45, 7) is 1.56. The molecule has 0 radical (unpaired) electrons. The quantitative estimate of drug-likeness (QED) is 0.693. The molecule has 0 unspecified atom stereocenters. The van der Waals surface area contributed by atoms with Gasteiger partial charge in [0.25, 0.3) is 0 Å². The summed E-state index contributed by atoms with van der Waals surface area (Å²) in [7, 11) is -1.86. The van der Waals surface area contributed by atoms with Crippen LogP contribution < -0.4 is 0 Å². The number of aryl methyl sites for hydroxylation is 1. The van der Waals surface area contributed by atoms with Crippen LogP contribution in [0.2, 0.25) is 0 Å². The van der Waals surface area contributed by atoms with Crippen LogP contribution in [0.5, 0.6) is 0 Å². The van der Waals surface area contributed by atoms with Crippen LogP contribution in [0.15, 0.2) is 41.3 Å². The maximum atomic E-state index is 12.9. The zero-order chi connectivity index (χ0) is 19.1. The number of sulfone groups is 1. The molecule has 0 aliphatic heterocycles. The molecule has 0 spiro atoms. The van der Waals surface area contributed by atoms with Gasteiger partial charge in [0.1, 0.15) is 17.0 Å². The number of pyridine rings is 1. The lowest BCUT2D eigenvalue weighted by atomic mass is 10.1. The average molecular weight is 383 g/mol. The van der Waals surface area contributed by atoms with Crippen molar-refractivity contribution >= 4 is 21.0 Å². The van der Waals surface area contributed by atoms with E-state index < -0.39 is 21.7 Å². The predicted octanol–water partition coefficient (Wildman–Crippen LogP) is 3.37. The van der Waals surface area contributed by atoms with E-state index in [1.165, 1.54) is 16.7 Å². The molecule has 26 heavy (non-hydrogen) atoms. The molecule has 5 nitrogen and oxygen atoms in total. The lowest BCUT2D eigenvalue weighted by Crippen LogP contribution is -2.10. The second-order valence-electron chi connectivity index (χ2n) is 5.81. The van der Waals surface area contributed by atoms with Gasteiger partial charge < -0.3 is 4.57 Å². The SMILES string of the molecule is CCS(=O)(=O)c1ccccc1Cc1nc2ccc(C(F)(F)F)nc2n1C. The van der Waals surface area contributed by atoms with E-state index in [0.717, 1.165) is 6.07 Å². The van der Waals surface area contributed by atoms with E-state index in [1.54, 1.807) is 32.2 Å². The van der Waals surface area contributed by atoms with Crippen molar-refractivity contribution in [2.24, 2.45) is 7.05 Å². The van der Waals surface area contributed by atoms with E-state index in [9.17, 15) is 21.6 Å². The Kier molecular flexibility index (Phi) is 4.51. The third-order valence-corrected chi connectivity index (χ3v) is 5.96. The molecule has 0 saturated carbocycles. The minimum atomic E-state index is -4.54. The van der Waals surface area contributed by atoms with E-state index in [2.05, 4.69) is 9.97 Å². The summed E-state index contributed by atoms with van der Waals surface area (Å²) in [6, 6.07) is 8.70. The Balaban J connectivity index is 2.07. The number of imidazole rings is 1. The molecular formula is C17H16F3N3O2S. The Labute approximate surface area is 148 Å². The lowest BCUT2D eigenvalue weighted by Gasteiger charge is -2.09. The summed E-state index contributed by atoms with van der Waals surface area (Å²) >= 11 is 0. The summed E-state index contributed by atoms with van der Waals surface area (Å²) in [5.41, 5.74) is -0.0192. The lowest BCUT2D eigenvalue weighted by molar-refractivity contribution is -0.141. The highest BCUT2D eigenvalue weighted by Gasteiger charge is 2.33. The second kappa shape index (κ2) is 6.39. The van der Waals surface area contributed by atoms with E-state index in [0.29, 0.717) is 16.9 Å². The number of benzene rings is 1. The van der Waals surface area contributed by atoms with Crippen molar-refractivity contribution in [1.82, 2.24) is 14.5 Å². The van der Waals surface area contributed by atoms with Crippen LogP contribution in [0.3, 0.4) is 0 Å². The van der Waals surface area contributed by atoms with Gasteiger partial charge in [0.2, 0.25) is 0 Å². The van der Waals surface area contributed by atoms with Crippen molar-refractivity contribution in [3.63, 3.8) is 0 Å². The molecule has 0 saturated heterocycles. The van der Waals surface area contributed by atoms with Crippen molar-refractivity contribution < 1.29 is 21.6 Å². The fraction of sp³-hybridized carbons (Fsp3) is 0.294. The monoisotopic (exact) mass is 383 g/mol. The first kappa shape index (κ1) is 18.4. The fourth-order valence-corrected chi connectivity index (χ4v) is 3.84. The Bertz CT molecular complexity index is 1070. The first-order valence-corrected chi connectivity index (χ1v) is 9.49. The van der Waals surface area contributed by atoms with Crippen molar-refractivity contribution in [2.75, 3.05) is 5.75 Å². The fourth-order valence-electron chi connectivity index (χ4n) is 2.71. The van der Waals surface area contributed by atoms with Gasteiger partial charge in [-0.2, -0.15) is 13.2 Å². The van der Waals surface area contributed by atoms with Crippen LogP contribution in [0, 0.1) is 0 Å². The van der Waals surface area contributed by atoms with Crippen LogP contribution in [0.1, 0.15) is 24.0 Å². The van der Waals surface area contributed by atoms with E-state index in [-0.39, 0.29) is 22.7 Å². The van der Waals surface area contributed by atoms with E-state index in [1.807, 2.05) is 0 Å². The van der Waals surface area contributed by atoms with E-state index in [4.69, 9.17) is 0 Å². The molecule has 2 aromatic heterocycles. The summed E-state index contributed by atoms with van der Waals surface area (Å²) in [6.07, 6.45) is -4.37. The Morgan fingerprint density at radius 1 is 1.08 bits per heavy atom. The van der Waals surface area contributed by atoms with Gasteiger partial charge in [0.15, 0.2) is 15.5 Å². The van der Waals surface area contributed by atoms with Crippen LogP contribution in [-0.4, -0.2) is 28.7 Å². The summed E-state index contributed by atoms with van der Waals surface area (Å²) in [4.78, 5) is 8.18. The molecule has 0 fully saturated rings. The first-order valence-electron chi connectivity index (χ1n) is 7.83. The molecule has 0 amide bonds. The number of fused-ring (bicyclic) bond motifs is 1. The number of aromatic nitrogens is 3. The highest BCUT2D eigenvalue weighted by molar-refractivity contribution is 7.91. The van der Waals surface area contributed by atoms with Crippen molar-refractivity contribution in [3.8, 4) is 0 Å². The zero-order valence-corrected chi connectivity index (χ0v) is 14.9. The van der Waals surface area contributed by atoms with Crippen LogP contribution >= 0.6 is 0 Å². The average Bonchev–Trinajstić information content (AvgIpc) is 2.90. The van der Waals surface area contributed by atoms with Crippen molar-refractivity contribution in [1.29, 1.82) is 0 Å². The topological polar surface area (TPSA) is 64.8 Å². The third kappa shape index (κ3) is 3.31. The third-order valence-electron chi connectivity index (χ3n) is 4.14.